The summed E-state index contributed by atoms with van der Waals surface area (Å²) in [6, 6.07) is 8.69. The molecule has 0 radical (unpaired) electrons. The highest BCUT2D eigenvalue weighted by Gasteiger charge is 2.02. The zero-order valence-corrected chi connectivity index (χ0v) is 8.19. The van der Waals surface area contributed by atoms with E-state index in [1.54, 1.807) is 24.3 Å². The summed E-state index contributed by atoms with van der Waals surface area (Å²) in [5.41, 5.74) is 1.40. The lowest BCUT2D eigenvalue weighted by Gasteiger charge is -1.94. The molecule has 0 atom stereocenters. The smallest absolute Gasteiger partial charge is 0.229 e. The zero-order valence-electron chi connectivity index (χ0n) is 8.19. The Morgan fingerprint density at radius 1 is 1.47 bits per heavy atom. The van der Waals surface area contributed by atoms with Crippen molar-refractivity contribution in [1.29, 1.82) is 5.26 Å². The molecule has 0 aliphatic heterocycles. The van der Waals surface area contributed by atoms with Crippen LogP contribution in [0.2, 0.25) is 0 Å². The molecule has 0 aromatic heterocycles. The van der Waals surface area contributed by atoms with Crippen LogP contribution in [0.1, 0.15) is 18.1 Å². The second kappa shape index (κ2) is 4.74. The van der Waals surface area contributed by atoms with E-state index in [-0.39, 0.29) is 11.5 Å². The first-order valence-corrected chi connectivity index (χ1v) is 4.27. The predicted octanol–water partition coefficient (Wildman–Crippen LogP) is 2.41. The molecule has 0 bridgehead atoms. The van der Waals surface area contributed by atoms with Crippen molar-refractivity contribution in [3.63, 3.8) is 0 Å². The molecule has 3 heteroatoms. The number of rotatable bonds is 2. The molecule has 0 saturated heterocycles. The number of nitrogens with zero attached hydrogens (tertiary/aromatic N) is 2. The summed E-state index contributed by atoms with van der Waals surface area (Å²) in [6.45, 7) is 8.16. The SMILES string of the molecule is [C-]#[N+]C(=Cc1ccc(C#N)cc1)C(C)=O. The molecule has 0 fully saturated rings. The van der Waals surface area contributed by atoms with E-state index in [0.29, 0.717) is 5.56 Å². The van der Waals surface area contributed by atoms with E-state index in [9.17, 15) is 4.79 Å². The van der Waals surface area contributed by atoms with E-state index in [0.717, 1.165) is 5.56 Å². The van der Waals surface area contributed by atoms with Gasteiger partial charge in [-0.05, 0) is 30.7 Å². The molecule has 0 aliphatic rings. The standard InChI is InChI=1S/C12H8N2O/c1-9(15)12(14-2)7-10-3-5-11(8-13)6-4-10/h3-7H,1H3. The Bertz CT molecular complexity index is 484. The van der Waals surface area contributed by atoms with Crippen LogP contribution < -0.4 is 0 Å². The maximum absolute atomic E-state index is 11.0. The van der Waals surface area contributed by atoms with E-state index in [4.69, 9.17) is 11.8 Å². The average molecular weight is 196 g/mol. The van der Waals surface area contributed by atoms with E-state index >= 15 is 0 Å². The van der Waals surface area contributed by atoms with Crippen LogP contribution in [0, 0.1) is 17.9 Å². The summed E-state index contributed by atoms with van der Waals surface area (Å²) in [5.74, 6) is -0.255. The Balaban J connectivity index is 3.05. The molecule has 0 aliphatic carbocycles. The zero-order chi connectivity index (χ0) is 11.3. The van der Waals surface area contributed by atoms with Crippen molar-refractivity contribution in [2.45, 2.75) is 6.92 Å². The Kier molecular flexibility index (Phi) is 3.38. The van der Waals surface area contributed by atoms with Gasteiger partial charge in [0.15, 0.2) is 5.78 Å². The van der Waals surface area contributed by atoms with Crippen LogP contribution in [0.5, 0.6) is 0 Å². The van der Waals surface area contributed by atoms with Crippen molar-refractivity contribution < 1.29 is 4.79 Å². The van der Waals surface area contributed by atoms with Crippen molar-refractivity contribution in [2.75, 3.05) is 0 Å². The average Bonchev–Trinajstić information content (AvgIpc) is 2.26. The summed E-state index contributed by atoms with van der Waals surface area (Å²) in [7, 11) is 0. The lowest BCUT2D eigenvalue weighted by Crippen LogP contribution is -1.90. The topological polar surface area (TPSA) is 45.2 Å². The number of allylic oxidation sites excluding steroid dienone is 1. The van der Waals surface area contributed by atoms with Gasteiger partial charge < -0.3 is 4.79 Å². The van der Waals surface area contributed by atoms with Crippen LogP contribution in [0.4, 0.5) is 0 Å². The third kappa shape index (κ3) is 2.79. The molecule has 0 amide bonds. The molecule has 1 aromatic rings. The second-order valence-corrected chi connectivity index (χ2v) is 2.93. The number of carbonyl (C=O) groups excluding carboxylic acids is 1. The quantitative estimate of drug-likeness (QED) is 0.538. The monoisotopic (exact) mass is 196 g/mol. The minimum atomic E-state index is -0.255. The fourth-order valence-electron chi connectivity index (χ4n) is 1.02. The van der Waals surface area contributed by atoms with Crippen molar-refractivity contribution >= 4 is 11.9 Å². The second-order valence-electron chi connectivity index (χ2n) is 2.93. The summed E-state index contributed by atoms with van der Waals surface area (Å²) in [6.07, 6.45) is 1.51. The van der Waals surface area contributed by atoms with Crippen molar-refractivity contribution in [3.8, 4) is 6.07 Å². The van der Waals surface area contributed by atoms with Crippen molar-refractivity contribution in [3.05, 3.63) is 52.5 Å². The number of hydrogen-bond acceptors (Lipinski definition) is 2. The molecule has 72 valence electrons. The first-order chi connectivity index (χ1) is 7.17. The summed E-state index contributed by atoms with van der Waals surface area (Å²) >= 11 is 0. The Hall–Kier alpha value is -2.39. The molecule has 1 aromatic carbocycles. The van der Waals surface area contributed by atoms with Gasteiger partial charge in [0.05, 0.1) is 18.2 Å². The van der Waals surface area contributed by atoms with Crippen LogP contribution in [-0.4, -0.2) is 5.78 Å². The number of benzene rings is 1. The van der Waals surface area contributed by atoms with Gasteiger partial charge in [-0.2, -0.15) is 5.26 Å². The number of Topliss-reactive ketones (excluding diaryl/α,β-unsaturated/α-hetero) is 1. The van der Waals surface area contributed by atoms with E-state index in [2.05, 4.69) is 4.85 Å². The molecular weight excluding hydrogens is 188 g/mol. The highest BCUT2D eigenvalue weighted by Crippen LogP contribution is 2.10. The largest absolute Gasteiger partial charge is 0.308 e. The molecule has 0 unspecified atom stereocenters. The molecule has 0 spiro atoms. The maximum Gasteiger partial charge on any atom is 0.229 e. The molecular formula is C12H8N2O. The van der Waals surface area contributed by atoms with Crippen LogP contribution in [0.15, 0.2) is 30.0 Å². The first-order valence-electron chi connectivity index (χ1n) is 4.27. The summed E-state index contributed by atoms with van der Waals surface area (Å²) in [4.78, 5) is 14.1. The Morgan fingerprint density at radius 2 is 2.07 bits per heavy atom. The van der Waals surface area contributed by atoms with Crippen molar-refractivity contribution in [1.82, 2.24) is 0 Å². The van der Waals surface area contributed by atoms with Gasteiger partial charge in [0.1, 0.15) is 0 Å². The van der Waals surface area contributed by atoms with Gasteiger partial charge >= 0.3 is 0 Å². The van der Waals surface area contributed by atoms with E-state index in [1.807, 2.05) is 6.07 Å². The third-order valence-electron chi connectivity index (χ3n) is 1.82. The van der Waals surface area contributed by atoms with Gasteiger partial charge in [0, 0.05) is 0 Å². The van der Waals surface area contributed by atoms with Crippen LogP contribution in [0.3, 0.4) is 0 Å². The van der Waals surface area contributed by atoms with Gasteiger partial charge in [-0.15, -0.1) is 0 Å². The molecule has 0 saturated carbocycles. The predicted molar refractivity (Wildman–Crippen MR) is 56.4 cm³/mol. The lowest BCUT2D eigenvalue weighted by atomic mass is 10.1. The van der Waals surface area contributed by atoms with Gasteiger partial charge in [-0.1, -0.05) is 12.1 Å². The van der Waals surface area contributed by atoms with Gasteiger partial charge in [0.2, 0.25) is 5.70 Å². The Morgan fingerprint density at radius 3 is 2.47 bits per heavy atom. The summed E-state index contributed by atoms with van der Waals surface area (Å²) < 4.78 is 0. The number of hydrogen-bond donors (Lipinski definition) is 0. The number of nitriles is 1. The molecule has 15 heavy (non-hydrogen) atoms. The minimum absolute atomic E-state index is 0.0970. The molecule has 3 nitrogen and oxygen atoms in total. The van der Waals surface area contributed by atoms with Crippen LogP contribution in [0.25, 0.3) is 10.9 Å². The molecule has 0 N–H and O–H groups in total. The van der Waals surface area contributed by atoms with E-state index < -0.39 is 0 Å². The minimum Gasteiger partial charge on any atom is -0.308 e. The third-order valence-corrected chi connectivity index (χ3v) is 1.82. The van der Waals surface area contributed by atoms with Crippen molar-refractivity contribution in [2.24, 2.45) is 0 Å². The highest BCUT2D eigenvalue weighted by atomic mass is 16.1. The fraction of sp³-hybridized carbons (Fsp3) is 0.0833. The maximum atomic E-state index is 11.0. The molecule has 1 rings (SSSR count). The molecule has 0 heterocycles. The fourth-order valence-corrected chi connectivity index (χ4v) is 1.02. The van der Waals surface area contributed by atoms with E-state index in [1.165, 1.54) is 13.0 Å². The van der Waals surface area contributed by atoms with Gasteiger partial charge in [-0.25, -0.2) is 4.85 Å². The van der Waals surface area contributed by atoms with Gasteiger partial charge in [-0.3, -0.25) is 0 Å². The number of carbonyl (C=O) groups is 1. The van der Waals surface area contributed by atoms with Gasteiger partial charge in [0.25, 0.3) is 0 Å². The first kappa shape index (κ1) is 10.7. The summed E-state index contributed by atoms with van der Waals surface area (Å²) in [5, 5.41) is 8.58. The normalized spacial score (nSPS) is 10.2. The Labute approximate surface area is 88.1 Å². The highest BCUT2D eigenvalue weighted by molar-refractivity contribution is 5.99. The lowest BCUT2D eigenvalue weighted by molar-refractivity contribution is -0.113. The van der Waals surface area contributed by atoms with Crippen LogP contribution >= 0.6 is 0 Å². The number of ketones is 1. The van der Waals surface area contributed by atoms with Crippen LogP contribution in [-0.2, 0) is 4.79 Å².